The largest absolute Gasteiger partial charge is 0.299 e. The minimum absolute atomic E-state index is 0.0241. The van der Waals surface area contributed by atoms with Gasteiger partial charge in [-0.15, -0.1) is 0 Å². The fraction of sp³-hybridized carbons (Fsp3) is 0.429. The molecule has 0 heterocycles. The van der Waals surface area contributed by atoms with E-state index in [4.69, 9.17) is 0 Å². The Morgan fingerprint density at radius 3 is 1.64 bits per heavy atom. The van der Waals surface area contributed by atoms with E-state index in [1.54, 1.807) is 0 Å². The predicted octanol–water partition coefficient (Wildman–Crippen LogP) is 3.52. The van der Waals surface area contributed by atoms with Crippen molar-refractivity contribution in [1.29, 1.82) is 0 Å². The van der Waals surface area contributed by atoms with Crippen molar-refractivity contribution >= 4 is 23.1 Å². The highest BCUT2D eigenvalue weighted by molar-refractivity contribution is 6.09. The van der Waals surface area contributed by atoms with Gasteiger partial charge in [0, 0.05) is 0 Å². The van der Waals surface area contributed by atoms with E-state index in [1.807, 2.05) is 30.3 Å². The van der Waals surface area contributed by atoms with Gasteiger partial charge in [0.2, 0.25) is 0 Å². The summed E-state index contributed by atoms with van der Waals surface area (Å²) in [5.74, 6) is -1.27. The molecule has 0 fully saturated rings. The van der Waals surface area contributed by atoms with E-state index in [9.17, 15) is 19.2 Å². The van der Waals surface area contributed by atoms with Gasteiger partial charge in [0.15, 0.2) is 0 Å². The number of benzene rings is 1. The zero-order valence-electron chi connectivity index (χ0n) is 15.6. The molecule has 0 bridgehead atoms. The molecule has 0 saturated carbocycles. The van der Waals surface area contributed by atoms with Crippen molar-refractivity contribution in [2.45, 2.75) is 47.5 Å². The van der Waals surface area contributed by atoms with E-state index in [2.05, 4.69) is 6.58 Å². The van der Waals surface area contributed by atoms with Crippen LogP contribution in [0.1, 0.15) is 46.6 Å². The zero-order chi connectivity index (χ0) is 19.4. The highest BCUT2D eigenvalue weighted by Gasteiger charge is 2.47. The van der Waals surface area contributed by atoms with Gasteiger partial charge >= 0.3 is 0 Å². The second-order valence-electron chi connectivity index (χ2n) is 6.90. The van der Waals surface area contributed by atoms with E-state index in [0.29, 0.717) is 5.57 Å². The van der Waals surface area contributed by atoms with Gasteiger partial charge in [0.05, 0.1) is 5.41 Å². The molecule has 0 radical (unpaired) electrons. The average molecular weight is 342 g/mol. The van der Waals surface area contributed by atoms with Crippen molar-refractivity contribution in [1.82, 2.24) is 0 Å². The zero-order valence-corrected chi connectivity index (χ0v) is 15.6. The second kappa shape index (κ2) is 7.68. The smallest absolute Gasteiger partial charge is 0.147 e. The minimum atomic E-state index is -1.44. The van der Waals surface area contributed by atoms with Gasteiger partial charge in [0.25, 0.3) is 0 Å². The first-order valence-electron chi connectivity index (χ1n) is 8.24. The molecule has 25 heavy (non-hydrogen) atoms. The minimum Gasteiger partial charge on any atom is -0.299 e. The number of rotatable bonds is 9. The molecule has 0 spiro atoms. The van der Waals surface area contributed by atoms with Crippen LogP contribution in [0.3, 0.4) is 0 Å². The molecule has 1 rings (SSSR count). The Morgan fingerprint density at radius 2 is 1.28 bits per heavy atom. The molecule has 0 saturated heterocycles. The molecule has 0 aliphatic carbocycles. The van der Waals surface area contributed by atoms with E-state index in [0.717, 1.165) is 5.56 Å². The first-order chi connectivity index (χ1) is 11.5. The standard InChI is InChI=1S/C21H26O4/c1-14(12-20(6,15(2)22)16(3)23)21(17(4)24,18(5)25)13-19-10-8-7-9-11-19/h7-11H,1,12-13H2,2-6H3. The van der Waals surface area contributed by atoms with Crippen LogP contribution in [-0.2, 0) is 25.6 Å². The summed E-state index contributed by atoms with van der Waals surface area (Å²) in [6.07, 6.45) is 0.146. The average Bonchev–Trinajstić information content (AvgIpc) is 2.52. The van der Waals surface area contributed by atoms with Gasteiger partial charge in [-0.05, 0) is 53.0 Å². The Morgan fingerprint density at radius 1 is 0.840 bits per heavy atom. The van der Waals surface area contributed by atoms with Crippen LogP contribution in [-0.4, -0.2) is 23.1 Å². The SMILES string of the molecule is C=C(CC(C)(C(C)=O)C(C)=O)C(Cc1ccccc1)(C(C)=O)C(C)=O. The highest BCUT2D eigenvalue weighted by Crippen LogP contribution is 2.40. The number of ketones is 4. The van der Waals surface area contributed by atoms with Crippen molar-refractivity contribution in [2.75, 3.05) is 0 Å². The predicted molar refractivity (Wildman–Crippen MR) is 97.2 cm³/mol. The fourth-order valence-electron chi connectivity index (χ4n) is 3.10. The normalized spacial score (nSPS) is 11.7. The molecule has 0 aliphatic rings. The second-order valence-corrected chi connectivity index (χ2v) is 6.90. The third kappa shape index (κ3) is 4.01. The van der Waals surface area contributed by atoms with Crippen LogP contribution >= 0.6 is 0 Å². The molecule has 1 aromatic carbocycles. The molecular weight excluding hydrogens is 316 g/mol. The maximum atomic E-state index is 12.5. The number of Topliss-reactive ketones (excluding diaryl/α,β-unsaturated/α-hetero) is 4. The molecule has 0 amide bonds. The van der Waals surface area contributed by atoms with Crippen LogP contribution in [0.15, 0.2) is 42.5 Å². The summed E-state index contributed by atoms with van der Waals surface area (Å²) in [6.45, 7) is 10.9. The van der Waals surface area contributed by atoms with Crippen LogP contribution in [0.25, 0.3) is 0 Å². The van der Waals surface area contributed by atoms with Crippen molar-refractivity contribution in [3.8, 4) is 0 Å². The monoisotopic (exact) mass is 342 g/mol. The molecule has 0 atom stereocenters. The van der Waals surface area contributed by atoms with Gasteiger partial charge in [-0.3, -0.25) is 19.2 Å². The molecule has 0 aromatic heterocycles. The van der Waals surface area contributed by atoms with Gasteiger partial charge in [-0.2, -0.15) is 0 Å². The molecule has 0 unspecified atom stereocenters. The summed E-state index contributed by atoms with van der Waals surface area (Å²) in [6, 6.07) is 9.19. The van der Waals surface area contributed by atoms with E-state index >= 15 is 0 Å². The van der Waals surface area contributed by atoms with E-state index in [1.165, 1.54) is 34.6 Å². The van der Waals surface area contributed by atoms with Gasteiger partial charge in [-0.25, -0.2) is 0 Å². The lowest BCUT2D eigenvalue weighted by Gasteiger charge is -2.35. The highest BCUT2D eigenvalue weighted by atomic mass is 16.2. The maximum Gasteiger partial charge on any atom is 0.147 e. The third-order valence-corrected chi connectivity index (χ3v) is 5.24. The van der Waals surface area contributed by atoms with Crippen molar-refractivity contribution in [2.24, 2.45) is 10.8 Å². The first-order valence-corrected chi connectivity index (χ1v) is 8.24. The summed E-state index contributed by atoms with van der Waals surface area (Å²) in [5.41, 5.74) is -1.59. The lowest BCUT2D eigenvalue weighted by molar-refractivity contribution is -0.140. The summed E-state index contributed by atoms with van der Waals surface area (Å²) >= 11 is 0. The van der Waals surface area contributed by atoms with Crippen molar-refractivity contribution < 1.29 is 19.2 Å². The lowest BCUT2D eigenvalue weighted by Crippen LogP contribution is -2.44. The van der Waals surface area contributed by atoms with Crippen LogP contribution in [0.5, 0.6) is 0 Å². The Kier molecular flexibility index (Phi) is 6.36. The summed E-state index contributed by atoms with van der Waals surface area (Å²) < 4.78 is 0. The van der Waals surface area contributed by atoms with Crippen molar-refractivity contribution in [3.05, 3.63) is 48.0 Å². The number of carbonyl (C=O) groups excluding carboxylic acids is 4. The van der Waals surface area contributed by atoms with Gasteiger partial charge in [-0.1, -0.05) is 42.5 Å². The molecule has 1 aromatic rings. The Balaban J connectivity index is 3.40. The quantitative estimate of drug-likeness (QED) is 0.508. The van der Waals surface area contributed by atoms with Crippen LogP contribution in [0.2, 0.25) is 0 Å². The van der Waals surface area contributed by atoms with Crippen molar-refractivity contribution in [3.63, 3.8) is 0 Å². The number of carbonyl (C=O) groups is 4. The van der Waals surface area contributed by atoms with Gasteiger partial charge < -0.3 is 0 Å². The Bertz CT molecular complexity index is 685. The summed E-state index contributed by atoms with van der Waals surface area (Å²) in [5, 5.41) is 0. The molecule has 0 aliphatic heterocycles. The van der Waals surface area contributed by atoms with Crippen LogP contribution < -0.4 is 0 Å². The van der Waals surface area contributed by atoms with Gasteiger partial charge in [0.1, 0.15) is 28.5 Å². The molecular formula is C21H26O4. The van der Waals surface area contributed by atoms with E-state index in [-0.39, 0.29) is 36.0 Å². The number of allylic oxidation sites excluding steroid dienone is 1. The maximum absolute atomic E-state index is 12.5. The summed E-state index contributed by atoms with van der Waals surface area (Å²) in [7, 11) is 0. The lowest BCUT2D eigenvalue weighted by atomic mass is 9.64. The first kappa shape index (κ1) is 20.7. The van der Waals surface area contributed by atoms with E-state index < -0.39 is 10.8 Å². The Labute approximate surface area is 149 Å². The summed E-state index contributed by atoms with van der Waals surface area (Å²) in [4.78, 5) is 49.1. The number of hydrogen-bond acceptors (Lipinski definition) is 4. The molecule has 0 N–H and O–H groups in total. The fourth-order valence-corrected chi connectivity index (χ4v) is 3.10. The number of hydrogen-bond donors (Lipinski definition) is 0. The third-order valence-electron chi connectivity index (χ3n) is 5.24. The molecule has 134 valence electrons. The molecule has 4 nitrogen and oxygen atoms in total. The topological polar surface area (TPSA) is 68.3 Å². The Hall–Kier alpha value is -2.36. The van der Waals surface area contributed by atoms with Crippen LogP contribution in [0.4, 0.5) is 0 Å². The van der Waals surface area contributed by atoms with Crippen LogP contribution in [0, 0.1) is 10.8 Å². The molecule has 4 heteroatoms.